The Balaban J connectivity index is 2.18. The van der Waals surface area contributed by atoms with E-state index >= 15 is 0 Å². The molecule has 0 radical (unpaired) electrons. The molecule has 1 unspecified atom stereocenters. The normalized spacial score (nSPS) is 12.6. The molecule has 0 aliphatic heterocycles. The van der Waals surface area contributed by atoms with Crippen molar-refractivity contribution in [3.05, 3.63) is 45.7 Å². The first-order chi connectivity index (χ1) is 8.70. The molecule has 0 aliphatic rings. The monoisotopic (exact) mass is 284 g/mol. The van der Waals surface area contributed by atoms with Gasteiger partial charge in [0.1, 0.15) is 0 Å². The number of rotatable bonds is 5. The highest BCUT2D eigenvalue weighted by Crippen LogP contribution is 2.25. The number of nitrogens with one attached hydrogen (secondary N) is 2. The molecule has 1 aromatic heterocycles. The van der Waals surface area contributed by atoms with Crippen LogP contribution in [0.25, 0.3) is 0 Å². The molecule has 0 saturated heterocycles. The summed E-state index contributed by atoms with van der Waals surface area (Å²) in [6, 6.07) is 5.63. The van der Waals surface area contributed by atoms with Gasteiger partial charge in [0.05, 0.1) is 17.9 Å². The first-order valence-corrected chi connectivity index (χ1v) is 6.49. The van der Waals surface area contributed by atoms with E-state index in [1.54, 1.807) is 12.3 Å². The summed E-state index contributed by atoms with van der Waals surface area (Å²) in [6.07, 6.45) is 2.47. The van der Waals surface area contributed by atoms with Crippen molar-refractivity contribution in [2.75, 3.05) is 6.54 Å². The standard InChI is InChI=1S/C12H14Cl2N4/c1-2-15-11(12-7-16-18-17-12)5-8-3-4-9(13)6-10(8)14/h3-4,6-7,11,15H,2,5H2,1H3,(H,16,17,18). The van der Waals surface area contributed by atoms with Crippen molar-refractivity contribution in [2.45, 2.75) is 19.4 Å². The Kier molecular flexibility index (Phi) is 4.58. The zero-order valence-electron chi connectivity index (χ0n) is 9.95. The Labute approximate surface area is 116 Å². The Morgan fingerprint density at radius 3 is 2.83 bits per heavy atom. The van der Waals surface area contributed by atoms with Crippen LogP contribution in [0.3, 0.4) is 0 Å². The number of aromatic amines is 1. The van der Waals surface area contributed by atoms with Crippen molar-refractivity contribution in [3.8, 4) is 0 Å². The van der Waals surface area contributed by atoms with Gasteiger partial charge >= 0.3 is 0 Å². The van der Waals surface area contributed by atoms with Gasteiger partial charge in [-0.25, -0.2) is 0 Å². The largest absolute Gasteiger partial charge is 0.309 e. The number of likely N-dealkylation sites (N-methyl/N-ethyl adjacent to an activating group) is 1. The van der Waals surface area contributed by atoms with Crippen LogP contribution in [0.2, 0.25) is 10.0 Å². The van der Waals surface area contributed by atoms with Crippen LogP contribution in [-0.4, -0.2) is 22.0 Å². The van der Waals surface area contributed by atoms with E-state index in [2.05, 4.69) is 27.7 Å². The van der Waals surface area contributed by atoms with Crippen LogP contribution >= 0.6 is 23.2 Å². The van der Waals surface area contributed by atoms with Gasteiger partial charge in [-0.15, -0.1) is 0 Å². The molecular weight excluding hydrogens is 271 g/mol. The summed E-state index contributed by atoms with van der Waals surface area (Å²) in [4.78, 5) is 0. The number of benzene rings is 1. The third-order valence-corrected chi connectivity index (χ3v) is 3.27. The molecule has 1 atom stereocenters. The summed E-state index contributed by atoms with van der Waals surface area (Å²) >= 11 is 12.1. The highest BCUT2D eigenvalue weighted by atomic mass is 35.5. The average Bonchev–Trinajstić information content (AvgIpc) is 2.85. The zero-order valence-corrected chi connectivity index (χ0v) is 11.5. The van der Waals surface area contributed by atoms with E-state index < -0.39 is 0 Å². The van der Waals surface area contributed by atoms with Crippen LogP contribution in [0.5, 0.6) is 0 Å². The molecule has 2 N–H and O–H groups in total. The Hall–Kier alpha value is -1.10. The lowest BCUT2D eigenvalue weighted by atomic mass is 10.0. The molecule has 1 heterocycles. The molecule has 1 aromatic carbocycles. The maximum Gasteiger partial charge on any atom is 0.0997 e. The van der Waals surface area contributed by atoms with E-state index in [4.69, 9.17) is 23.2 Å². The second kappa shape index (κ2) is 6.18. The third kappa shape index (κ3) is 3.22. The van der Waals surface area contributed by atoms with Crippen molar-refractivity contribution < 1.29 is 0 Å². The van der Waals surface area contributed by atoms with Gasteiger partial charge in [0, 0.05) is 10.0 Å². The van der Waals surface area contributed by atoms with Crippen LogP contribution < -0.4 is 5.32 Å². The molecule has 4 nitrogen and oxygen atoms in total. The van der Waals surface area contributed by atoms with Crippen molar-refractivity contribution in [2.24, 2.45) is 0 Å². The summed E-state index contributed by atoms with van der Waals surface area (Å²) in [5.41, 5.74) is 1.91. The Morgan fingerprint density at radius 1 is 1.39 bits per heavy atom. The predicted octanol–water partition coefficient (Wildman–Crippen LogP) is 3.00. The third-order valence-electron chi connectivity index (χ3n) is 2.68. The predicted molar refractivity (Wildman–Crippen MR) is 73.0 cm³/mol. The second-order valence-corrected chi connectivity index (χ2v) is 4.79. The number of hydrogen-bond acceptors (Lipinski definition) is 3. The van der Waals surface area contributed by atoms with Gasteiger partial charge in [-0.2, -0.15) is 15.4 Å². The highest BCUT2D eigenvalue weighted by molar-refractivity contribution is 6.35. The Morgan fingerprint density at radius 2 is 2.22 bits per heavy atom. The molecule has 2 aromatic rings. The number of hydrogen-bond donors (Lipinski definition) is 2. The van der Waals surface area contributed by atoms with Crippen LogP contribution in [0.15, 0.2) is 24.4 Å². The highest BCUT2D eigenvalue weighted by Gasteiger charge is 2.15. The fourth-order valence-corrected chi connectivity index (χ4v) is 2.30. The van der Waals surface area contributed by atoms with E-state index in [0.29, 0.717) is 10.0 Å². The van der Waals surface area contributed by atoms with Crippen LogP contribution in [-0.2, 0) is 6.42 Å². The van der Waals surface area contributed by atoms with Crippen molar-refractivity contribution in [1.29, 1.82) is 0 Å². The molecule has 0 fully saturated rings. The maximum absolute atomic E-state index is 6.18. The molecule has 0 spiro atoms. The molecular formula is C12H14Cl2N4. The smallest absolute Gasteiger partial charge is 0.0997 e. The quantitative estimate of drug-likeness (QED) is 0.888. The first-order valence-electron chi connectivity index (χ1n) is 5.73. The molecule has 18 heavy (non-hydrogen) atoms. The second-order valence-electron chi connectivity index (χ2n) is 3.94. The lowest BCUT2D eigenvalue weighted by Gasteiger charge is -2.16. The lowest BCUT2D eigenvalue weighted by molar-refractivity contribution is 0.535. The van der Waals surface area contributed by atoms with Crippen LogP contribution in [0.1, 0.15) is 24.2 Å². The molecule has 2 rings (SSSR count). The van der Waals surface area contributed by atoms with Crippen molar-refractivity contribution >= 4 is 23.2 Å². The number of nitrogens with zero attached hydrogens (tertiary/aromatic N) is 2. The average molecular weight is 285 g/mol. The SMILES string of the molecule is CCNC(Cc1ccc(Cl)cc1Cl)c1cn[nH]n1. The van der Waals surface area contributed by atoms with Gasteiger partial charge in [-0.3, -0.25) is 0 Å². The number of halogens is 2. The molecule has 0 aliphatic carbocycles. The molecule has 6 heteroatoms. The molecule has 0 bridgehead atoms. The maximum atomic E-state index is 6.18. The Bertz CT molecular complexity index is 499. The topological polar surface area (TPSA) is 53.6 Å². The minimum atomic E-state index is 0.0902. The van der Waals surface area contributed by atoms with Crippen molar-refractivity contribution in [1.82, 2.24) is 20.7 Å². The molecule has 0 saturated carbocycles. The van der Waals surface area contributed by atoms with Crippen molar-refractivity contribution in [3.63, 3.8) is 0 Å². The first kappa shape index (κ1) is 13.3. The van der Waals surface area contributed by atoms with E-state index in [1.807, 2.05) is 12.1 Å². The van der Waals surface area contributed by atoms with Gasteiger partial charge in [0.25, 0.3) is 0 Å². The van der Waals surface area contributed by atoms with E-state index in [9.17, 15) is 0 Å². The van der Waals surface area contributed by atoms with Gasteiger partial charge < -0.3 is 5.32 Å². The van der Waals surface area contributed by atoms with Gasteiger partial charge in [-0.1, -0.05) is 36.2 Å². The van der Waals surface area contributed by atoms with E-state index in [-0.39, 0.29) is 6.04 Å². The van der Waals surface area contributed by atoms with E-state index in [0.717, 1.165) is 24.2 Å². The minimum absolute atomic E-state index is 0.0902. The summed E-state index contributed by atoms with van der Waals surface area (Å²) in [6.45, 7) is 2.90. The van der Waals surface area contributed by atoms with Gasteiger partial charge in [0.15, 0.2) is 0 Å². The fraction of sp³-hybridized carbons (Fsp3) is 0.333. The van der Waals surface area contributed by atoms with Gasteiger partial charge in [-0.05, 0) is 30.7 Å². The van der Waals surface area contributed by atoms with Crippen LogP contribution in [0.4, 0.5) is 0 Å². The number of H-pyrrole nitrogens is 1. The van der Waals surface area contributed by atoms with Gasteiger partial charge in [0.2, 0.25) is 0 Å². The molecule has 0 amide bonds. The fourth-order valence-electron chi connectivity index (χ4n) is 1.81. The lowest BCUT2D eigenvalue weighted by Crippen LogP contribution is -2.23. The summed E-state index contributed by atoms with van der Waals surface area (Å²) in [5.74, 6) is 0. The van der Waals surface area contributed by atoms with Crippen LogP contribution in [0, 0.1) is 0 Å². The number of aromatic nitrogens is 3. The zero-order chi connectivity index (χ0) is 13.0. The summed E-state index contributed by atoms with van der Waals surface area (Å²) in [7, 11) is 0. The summed E-state index contributed by atoms with van der Waals surface area (Å²) < 4.78 is 0. The van der Waals surface area contributed by atoms with E-state index in [1.165, 1.54) is 0 Å². The molecule has 96 valence electrons. The summed E-state index contributed by atoms with van der Waals surface area (Å²) in [5, 5.41) is 15.2. The minimum Gasteiger partial charge on any atom is -0.309 e.